The topological polar surface area (TPSA) is 53.1 Å². The van der Waals surface area contributed by atoms with Crippen LogP contribution in [0.1, 0.15) is 35.8 Å². The fraction of sp³-hybridized carbons (Fsp3) is 0.400. The molecule has 1 aromatic carbocycles. The number of benzene rings is 1. The Kier molecular flexibility index (Phi) is 3.68. The highest BCUT2D eigenvalue weighted by atomic mass is 35.5. The number of hydrogen-bond donors (Lipinski definition) is 1. The quantitative estimate of drug-likeness (QED) is 0.946. The molecule has 0 fully saturated rings. The normalized spacial score (nSPS) is 17.9. The Morgan fingerprint density at radius 2 is 2.35 bits per heavy atom. The van der Waals surface area contributed by atoms with E-state index in [0.717, 1.165) is 30.8 Å². The van der Waals surface area contributed by atoms with Gasteiger partial charge in [0.25, 0.3) is 0 Å². The molecule has 1 heterocycles. The van der Waals surface area contributed by atoms with Gasteiger partial charge < -0.3 is 15.0 Å². The van der Waals surface area contributed by atoms with Crippen LogP contribution in [-0.2, 0) is 20.1 Å². The van der Waals surface area contributed by atoms with Crippen LogP contribution in [-0.4, -0.2) is 9.55 Å². The number of halogens is 1. The van der Waals surface area contributed by atoms with Gasteiger partial charge in [0.05, 0.1) is 6.20 Å². The molecule has 0 radical (unpaired) electrons. The molecule has 1 aromatic heterocycles. The summed E-state index contributed by atoms with van der Waals surface area (Å²) < 4.78 is 7.76. The van der Waals surface area contributed by atoms with Crippen LogP contribution in [0, 0.1) is 0 Å². The molecule has 0 saturated heterocycles. The van der Waals surface area contributed by atoms with Gasteiger partial charge in [-0.05, 0) is 36.5 Å². The van der Waals surface area contributed by atoms with Crippen molar-refractivity contribution in [1.29, 1.82) is 0 Å². The lowest BCUT2D eigenvalue weighted by Crippen LogP contribution is -2.18. The third-order valence-electron chi connectivity index (χ3n) is 3.90. The monoisotopic (exact) mass is 291 g/mol. The Bertz CT molecular complexity index is 624. The van der Waals surface area contributed by atoms with Crippen LogP contribution in [0.3, 0.4) is 0 Å². The van der Waals surface area contributed by atoms with E-state index in [2.05, 4.69) is 11.1 Å². The molecule has 1 aliphatic carbocycles. The summed E-state index contributed by atoms with van der Waals surface area (Å²) in [5.41, 5.74) is 8.62. The number of fused-ring (bicyclic) bond motifs is 1. The lowest BCUT2D eigenvalue weighted by Gasteiger charge is -2.24. The number of nitrogens with zero attached hydrogens (tertiary/aromatic N) is 2. The molecule has 4 nitrogen and oxygen atoms in total. The maximum absolute atomic E-state index is 6.16. The van der Waals surface area contributed by atoms with Crippen molar-refractivity contribution in [3.8, 4) is 5.75 Å². The van der Waals surface area contributed by atoms with E-state index in [9.17, 15) is 0 Å². The Hall–Kier alpha value is -1.52. The highest BCUT2D eigenvalue weighted by Gasteiger charge is 2.20. The fourth-order valence-corrected chi connectivity index (χ4v) is 2.83. The maximum atomic E-state index is 6.16. The fourth-order valence-electron chi connectivity index (χ4n) is 2.69. The zero-order valence-electron chi connectivity index (χ0n) is 11.5. The van der Waals surface area contributed by atoms with Crippen LogP contribution < -0.4 is 10.5 Å². The van der Waals surface area contributed by atoms with E-state index >= 15 is 0 Å². The van der Waals surface area contributed by atoms with E-state index in [-0.39, 0.29) is 6.04 Å². The Labute approximate surface area is 123 Å². The average Bonchev–Trinajstić information content (AvgIpc) is 2.77. The summed E-state index contributed by atoms with van der Waals surface area (Å²) in [5, 5.41) is 0.612. The first-order chi connectivity index (χ1) is 9.66. The second-order valence-corrected chi connectivity index (χ2v) is 5.55. The summed E-state index contributed by atoms with van der Waals surface area (Å²) in [4.78, 5) is 4.24. The van der Waals surface area contributed by atoms with Gasteiger partial charge in [0.2, 0.25) is 0 Å². The molecule has 5 heteroatoms. The predicted octanol–water partition coefficient (Wildman–Crippen LogP) is 2.99. The van der Waals surface area contributed by atoms with Crippen LogP contribution in [0.2, 0.25) is 5.15 Å². The predicted molar refractivity (Wildman–Crippen MR) is 78.9 cm³/mol. The molecule has 0 aliphatic heterocycles. The highest BCUT2D eigenvalue weighted by Crippen LogP contribution is 2.34. The highest BCUT2D eigenvalue weighted by molar-refractivity contribution is 6.29. The first-order valence-electron chi connectivity index (χ1n) is 6.83. The number of hydrogen-bond acceptors (Lipinski definition) is 3. The summed E-state index contributed by atoms with van der Waals surface area (Å²) >= 11 is 5.97. The third-order valence-corrected chi connectivity index (χ3v) is 4.25. The molecule has 1 atom stereocenters. The summed E-state index contributed by atoms with van der Waals surface area (Å²) in [5.74, 6) is 1.73. The molecule has 0 spiro atoms. The Morgan fingerprint density at radius 1 is 1.50 bits per heavy atom. The van der Waals surface area contributed by atoms with Crippen molar-refractivity contribution < 1.29 is 4.74 Å². The zero-order valence-corrected chi connectivity index (χ0v) is 12.2. The van der Waals surface area contributed by atoms with Crippen molar-refractivity contribution in [2.24, 2.45) is 12.8 Å². The van der Waals surface area contributed by atoms with Gasteiger partial charge in [-0.2, -0.15) is 0 Å². The Morgan fingerprint density at radius 3 is 3.10 bits per heavy atom. The molecular formula is C15H18ClN3O. The van der Waals surface area contributed by atoms with Crippen LogP contribution in [0.5, 0.6) is 5.75 Å². The second kappa shape index (κ2) is 5.46. The van der Waals surface area contributed by atoms with Gasteiger partial charge in [-0.25, -0.2) is 4.98 Å². The molecule has 1 unspecified atom stereocenters. The van der Waals surface area contributed by atoms with Crippen molar-refractivity contribution in [2.45, 2.75) is 31.9 Å². The lowest BCUT2D eigenvalue weighted by atomic mass is 9.88. The minimum absolute atomic E-state index is 0.130. The van der Waals surface area contributed by atoms with Crippen molar-refractivity contribution in [3.63, 3.8) is 0 Å². The standard InChI is InChI=1S/C15H18ClN3O/c1-19-14(16)8-18-15(19)9-20-13-7-3-4-10-11(13)5-2-6-12(10)17/h3-4,7-8,12H,2,5-6,9,17H2,1H3. The van der Waals surface area contributed by atoms with Crippen molar-refractivity contribution >= 4 is 11.6 Å². The van der Waals surface area contributed by atoms with Gasteiger partial charge in [-0.3, -0.25) is 0 Å². The van der Waals surface area contributed by atoms with Gasteiger partial charge in [-0.15, -0.1) is 0 Å². The van der Waals surface area contributed by atoms with E-state index in [4.69, 9.17) is 22.1 Å². The third kappa shape index (κ3) is 2.41. The zero-order chi connectivity index (χ0) is 14.1. The van der Waals surface area contributed by atoms with Crippen molar-refractivity contribution in [2.75, 3.05) is 0 Å². The van der Waals surface area contributed by atoms with E-state index in [1.54, 1.807) is 6.20 Å². The summed E-state index contributed by atoms with van der Waals surface area (Å²) in [6.45, 7) is 0.412. The maximum Gasteiger partial charge on any atom is 0.147 e. The van der Waals surface area contributed by atoms with E-state index in [1.807, 2.05) is 23.7 Å². The van der Waals surface area contributed by atoms with Crippen LogP contribution in [0.25, 0.3) is 0 Å². The summed E-state index contributed by atoms with van der Waals surface area (Å²) in [6.07, 6.45) is 4.82. The number of imidazole rings is 1. The number of rotatable bonds is 3. The first kappa shape index (κ1) is 13.5. The minimum atomic E-state index is 0.130. The second-order valence-electron chi connectivity index (χ2n) is 5.17. The Balaban J connectivity index is 1.81. The molecule has 0 saturated carbocycles. The van der Waals surface area contributed by atoms with Gasteiger partial charge in [0.15, 0.2) is 0 Å². The molecule has 20 heavy (non-hydrogen) atoms. The number of ether oxygens (including phenoxy) is 1. The van der Waals surface area contributed by atoms with Gasteiger partial charge in [0, 0.05) is 13.1 Å². The lowest BCUT2D eigenvalue weighted by molar-refractivity contribution is 0.286. The van der Waals surface area contributed by atoms with Crippen molar-refractivity contribution in [1.82, 2.24) is 9.55 Å². The minimum Gasteiger partial charge on any atom is -0.485 e. The molecule has 2 N–H and O–H groups in total. The molecule has 1 aliphatic rings. The van der Waals surface area contributed by atoms with E-state index in [1.165, 1.54) is 11.1 Å². The van der Waals surface area contributed by atoms with Crippen LogP contribution >= 0.6 is 11.6 Å². The SMILES string of the molecule is Cn1c(Cl)cnc1COc1cccc2c1CCCC2N. The van der Waals surface area contributed by atoms with Crippen molar-refractivity contribution in [3.05, 3.63) is 46.5 Å². The van der Waals surface area contributed by atoms with E-state index in [0.29, 0.717) is 11.8 Å². The summed E-state index contributed by atoms with van der Waals surface area (Å²) in [7, 11) is 1.88. The van der Waals surface area contributed by atoms with Gasteiger partial charge >= 0.3 is 0 Å². The average molecular weight is 292 g/mol. The van der Waals surface area contributed by atoms with E-state index < -0.39 is 0 Å². The number of nitrogens with two attached hydrogens (primary N) is 1. The van der Waals surface area contributed by atoms with Gasteiger partial charge in [-0.1, -0.05) is 23.7 Å². The molecule has 3 rings (SSSR count). The first-order valence-corrected chi connectivity index (χ1v) is 7.21. The van der Waals surface area contributed by atoms with Crippen LogP contribution in [0.15, 0.2) is 24.4 Å². The molecule has 106 valence electrons. The molecule has 2 aromatic rings. The summed E-state index contributed by atoms with van der Waals surface area (Å²) in [6, 6.07) is 6.24. The molecule has 0 amide bonds. The number of aromatic nitrogens is 2. The van der Waals surface area contributed by atoms with Gasteiger partial charge in [0.1, 0.15) is 23.3 Å². The largest absolute Gasteiger partial charge is 0.485 e. The van der Waals surface area contributed by atoms with Crippen LogP contribution in [0.4, 0.5) is 0 Å². The molecular weight excluding hydrogens is 274 g/mol. The smallest absolute Gasteiger partial charge is 0.147 e. The molecule has 0 bridgehead atoms.